The summed E-state index contributed by atoms with van der Waals surface area (Å²) in [7, 11) is 0. The third kappa shape index (κ3) is 2.52. The molecule has 4 nitrogen and oxygen atoms in total. The summed E-state index contributed by atoms with van der Waals surface area (Å²) in [5, 5.41) is 0. The summed E-state index contributed by atoms with van der Waals surface area (Å²) in [6, 6.07) is 14.7. The standard InChI is InChI=1S/C17H14O4/c1-11(18)10-20-17(19)16-12-6-2-4-8-14(12)21-15-9-5-3-7-13(15)16/h2-9,16H,10H2,1H3. The van der Waals surface area contributed by atoms with Crippen LogP contribution in [0.25, 0.3) is 0 Å². The first kappa shape index (κ1) is 13.4. The number of benzene rings is 2. The van der Waals surface area contributed by atoms with E-state index in [0.29, 0.717) is 11.5 Å². The Labute approximate surface area is 122 Å². The first-order valence-corrected chi connectivity index (χ1v) is 6.68. The number of carbonyl (C=O) groups excluding carboxylic acids is 2. The van der Waals surface area contributed by atoms with Crippen molar-refractivity contribution in [1.82, 2.24) is 0 Å². The molecule has 4 heteroatoms. The smallest absolute Gasteiger partial charge is 0.318 e. The maximum absolute atomic E-state index is 12.4. The lowest BCUT2D eigenvalue weighted by Crippen LogP contribution is -2.23. The summed E-state index contributed by atoms with van der Waals surface area (Å²) in [4.78, 5) is 23.4. The summed E-state index contributed by atoms with van der Waals surface area (Å²) >= 11 is 0. The van der Waals surface area contributed by atoms with E-state index in [1.165, 1.54) is 6.92 Å². The zero-order valence-corrected chi connectivity index (χ0v) is 11.5. The van der Waals surface area contributed by atoms with Crippen LogP contribution < -0.4 is 4.74 Å². The van der Waals surface area contributed by atoms with Gasteiger partial charge in [-0.15, -0.1) is 0 Å². The fraction of sp³-hybridized carbons (Fsp3) is 0.176. The lowest BCUT2D eigenvalue weighted by molar-refractivity contribution is -0.148. The molecule has 0 fully saturated rings. The van der Waals surface area contributed by atoms with Crippen LogP contribution >= 0.6 is 0 Å². The molecule has 1 heterocycles. The van der Waals surface area contributed by atoms with Gasteiger partial charge in [0.25, 0.3) is 0 Å². The van der Waals surface area contributed by atoms with Gasteiger partial charge in [0.2, 0.25) is 0 Å². The fourth-order valence-electron chi connectivity index (χ4n) is 2.42. The Balaban J connectivity index is 2.02. The molecular weight excluding hydrogens is 268 g/mol. The highest BCUT2D eigenvalue weighted by molar-refractivity contribution is 5.87. The topological polar surface area (TPSA) is 52.6 Å². The molecule has 0 radical (unpaired) electrons. The highest BCUT2D eigenvalue weighted by Gasteiger charge is 2.33. The van der Waals surface area contributed by atoms with Crippen molar-refractivity contribution in [3.63, 3.8) is 0 Å². The van der Waals surface area contributed by atoms with Gasteiger partial charge in [0.1, 0.15) is 24.0 Å². The summed E-state index contributed by atoms with van der Waals surface area (Å²) < 4.78 is 10.9. The number of esters is 1. The minimum Gasteiger partial charge on any atom is -0.457 e. The Kier molecular flexibility index (Phi) is 3.44. The number of carbonyl (C=O) groups is 2. The third-order valence-electron chi connectivity index (χ3n) is 3.33. The molecule has 0 spiro atoms. The van der Waals surface area contributed by atoms with Gasteiger partial charge in [0.15, 0.2) is 5.78 Å². The highest BCUT2D eigenvalue weighted by atomic mass is 16.5. The van der Waals surface area contributed by atoms with Crippen molar-refractivity contribution in [2.45, 2.75) is 12.8 Å². The fourth-order valence-corrected chi connectivity index (χ4v) is 2.42. The minimum absolute atomic E-state index is 0.183. The molecule has 106 valence electrons. The summed E-state index contributed by atoms with van der Waals surface area (Å²) in [6.07, 6.45) is 0. The quantitative estimate of drug-likeness (QED) is 0.812. The highest BCUT2D eigenvalue weighted by Crippen LogP contribution is 2.44. The molecule has 0 bridgehead atoms. The van der Waals surface area contributed by atoms with E-state index in [1.54, 1.807) is 0 Å². The number of ketones is 1. The molecule has 0 saturated heterocycles. The molecule has 0 amide bonds. The van der Waals surface area contributed by atoms with Crippen molar-refractivity contribution in [3.8, 4) is 11.5 Å². The van der Waals surface area contributed by atoms with Crippen molar-refractivity contribution < 1.29 is 19.1 Å². The first-order valence-electron chi connectivity index (χ1n) is 6.68. The van der Waals surface area contributed by atoms with Gasteiger partial charge in [-0.3, -0.25) is 9.59 Å². The van der Waals surface area contributed by atoms with E-state index >= 15 is 0 Å². The Morgan fingerprint density at radius 3 is 2.05 bits per heavy atom. The molecule has 1 aliphatic rings. The number of hydrogen-bond acceptors (Lipinski definition) is 4. The van der Waals surface area contributed by atoms with Gasteiger partial charge in [-0.1, -0.05) is 36.4 Å². The van der Waals surface area contributed by atoms with Crippen LogP contribution in [0.4, 0.5) is 0 Å². The molecular formula is C17H14O4. The normalized spacial score (nSPS) is 12.8. The van der Waals surface area contributed by atoms with E-state index in [4.69, 9.17) is 9.47 Å². The average Bonchev–Trinajstić information content (AvgIpc) is 2.50. The summed E-state index contributed by atoms with van der Waals surface area (Å²) in [5.41, 5.74) is 1.51. The molecule has 0 N–H and O–H groups in total. The Morgan fingerprint density at radius 2 is 1.52 bits per heavy atom. The van der Waals surface area contributed by atoms with E-state index in [9.17, 15) is 9.59 Å². The SMILES string of the molecule is CC(=O)COC(=O)C1c2ccccc2Oc2ccccc21. The van der Waals surface area contributed by atoms with Crippen molar-refractivity contribution in [3.05, 3.63) is 59.7 Å². The van der Waals surface area contributed by atoms with Crippen LogP contribution in [0.15, 0.2) is 48.5 Å². The second-order valence-electron chi connectivity index (χ2n) is 4.92. The van der Waals surface area contributed by atoms with Crippen LogP contribution in [0.1, 0.15) is 24.0 Å². The lowest BCUT2D eigenvalue weighted by atomic mass is 9.88. The van der Waals surface area contributed by atoms with Crippen LogP contribution in [0.2, 0.25) is 0 Å². The van der Waals surface area contributed by atoms with Gasteiger partial charge in [-0.2, -0.15) is 0 Å². The van der Waals surface area contributed by atoms with Crippen LogP contribution in [0.3, 0.4) is 0 Å². The summed E-state index contributed by atoms with van der Waals surface area (Å²) in [5.74, 6) is 0.0952. The van der Waals surface area contributed by atoms with Gasteiger partial charge >= 0.3 is 5.97 Å². The molecule has 21 heavy (non-hydrogen) atoms. The maximum Gasteiger partial charge on any atom is 0.318 e. The monoisotopic (exact) mass is 282 g/mol. The van der Waals surface area contributed by atoms with E-state index < -0.39 is 11.9 Å². The molecule has 2 aromatic carbocycles. The van der Waals surface area contributed by atoms with Gasteiger partial charge in [0.05, 0.1) is 0 Å². The molecule has 0 unspecified atom stereocenters. The molecule has 2 aromatic rings. The van der Waals surface area contributed by atoms with E-state index in [0.717, 1.165) is 11.1 Å². The number of ether oxygens (including phenoxy) is 2. The summed E-state index contributed by atoms with van der Waals surface area (Å²) in [6.45, 7) is 1.18. The second kappa shape index (κ2) is 5.40. The van der Waals surface area contributed by atoms with Gasteiger partial charge < -0.3 is 9.47 Å². The number of para-hydroxylation sites is 2. The van der Waals surface area contributed by atoms with Crippen LogP contribution in [0, 0.1) is 0 Å². The largest absolute Gasteiger partial charge is 0.457 e. The van der Waals surface area contributed by atoms with Crippen molar-refractivity contribution in [2.75, 3.05) is 6.61 Å². The van der Waals surface area contributed by atoms with Crippen LogP contribution in [-0.4, -0.2) is 18.4 Å². The van der Waals surface area contributed by atoms with Crippen LogP contribution in [0.5, 0.6) is 11.5 Å². The minimum atomic E-state index is -0.564. The van der Waals surface area contributed by atoms with Crippen molar-refractivity contribution in [1.29, 1.82) is 0 Å². The third-order valence-corrected chi connectivity index (χ3v) is 3.33. The van der Waals surface area contributed by atoms with Crippen LogP contribution in [-0.2, 0) is 14.3 Å². The van der Waals surface area contributed by atoms with E-state index in [1.807, 2.05) is 48.5 Å². The first-order chi connectivity index (χ1) is 10.2. The second-order valence-corrected chi connectivity index (χ2v) is 4.92. The van der Waals surface area contributed by atoms with E-state index in [-0.39, 0.29) is 12.4 Å². The lowest BCUT2D eigenvalue weighted by Gasteiger charge is -2.26. The zero-order valence-electron chi connectivity index (χ0n) is 11.5. The molecule has 0 saturated carbocycles. The van der Waals surface area contributed by atoms with Gasteiger partial charge in [-0.05, 0) is 19.1 Å². The molecule has 1 aliphatic heterocycles. The van der Waals surface area contributed by atoms with E-state index in [2.05, 4.69) is 0 Å². The number of fused-ring (bicyclic) bond motifs is 2. The zero-order chi connectivity index (χ0) is 14.8. The number of hydrogen-bond donors (Lipinski definition) is 0. The maximum atomic E-state index is 12.4. The Bertz CT molecular complexity index is 660. The Hall–Kier alpha value is -2.62. The van der Waals surface area contributed by atoms with Gasteiger partial charge in [-0.25, -0.2) is 0 Å². The average molecular weight is 282 g/mol. The Morgan fingerprint density at radius 1 is 1.00 bits per heavy atom. The molecule has 0 atom stereocenters. The number of rotatable bonds is 3. The number of Topliss-reactive ketones (excluding diaryl/α,β-unsaturated/α-hetero) is 1. The van der Waals surface area contributed by atoms with Crippen molar-refractivity contribution in [2.24, 2.45) is 0 Å². The van der Waals surface area contributed by atoms with Gasteiger partial charge in [0, 0.05) is 11.1 Å². The molecule has 3 rings (SSSR count). The molecule has 0 aliphatic carbocycles. The molecule has 0 aromatic heterocycles. The van der Waals surface area contributed by atoms with Crippen molar-refractivity contribution >= 4 is 11.8 Å². The predicted octanol–water partition coefficient (Wildman–Crippen LogP) is 3.06. The predicted molar refractivity (Wildman–Crippen MR) is 76.4 cm³/mol.